The number of carbonyl (C=O) groups is 1. The lowest BCUT2D eigenvalue weighted by Gasteiger charge is -2.19. The minimum atomic E-state index is -3.40. The summed E-state index contributed by atoms with van der Waals surface area (Å²) in [7, 11) is -0.606. The Morgan fingerprint density at radius 3 is 2.37 bits per heavy atom. The predicted molar refractivity (Wildman–Crippen MR) is 74.6 cm³/mol. The molecule has 0 aliphatic carbocycles. The number of ether oxygens (including phenoxy) is 1. The van der Waals surface area contributed by atoms with E-state index in [4.69, 9.17) is 0 Å². The van der Waals surface area contributed by atoms with Gasteiger partial charge < -0.3 is 4.74 Å². The first-order valence-corrected chi connectivity index (χ1v) is 7.58. The zero-order chi connectivity index (χ0) is 14.5. The van der Waals surface area contributed by atoms with E-state index in [1.54, 1.807) is 12.1 Å². The number of esters is 1. The molecule has 1 aromatic carbocycles. The van der Waals surface area contributed by atoms with Gasteiger partial charge in [0.15, 0.2) is 0 Å². The van der Waals surface area contributed by atoms with Crippen LogP contribution in [0.15, 0.2) is 24.3 Å². The van der Waals surface area contributed by atoms with Crippen LogP contribution in [0.25, 0.3) is 0 Å². The zero-order valence-electron chi connectivity index (χ0n) is 11.4. The molecular formula is C13H19NO4S. The van der Waals surface area contributed by atoms with E-state index in [0.717, 1.165) is 5.56 Å². The van der Waals surface area contributed by atoms with Gasteiger partial charge in [0.05, 0.1) is 18.6 Å². The molecule has 0 N–H and O–H groups in total. The third-order valence-corrected chi connectivity index (χ3v) is 4.68. The van der Waals surface area contributed by atoms with Gasteiger partial charge in [-0.3, -0.25) is 9.10 Å². The van der Waals surface area contributed by atoms with Crippen LogP contribution in [-0.4, -0.2) is 34.3 Å². The molecular weight excluding hydrogens is 266 g/mol. The van der Waals surface area contributed by atoms with Crippen molar-refractivity contribution in [1.82, 2.24) is 0 Å². The van der Waals surface area contributed by atoms with E-state index in [1.165, 1.54) is 18.5 Å². The molecule has 0 fully saturated rings. The van der Waals surface area contributed by atoms with Crippen LogP contribution in [-0.2, 0) is 19.6 Å². The number of hydrogen-bond acceptors (Lipinski definition) is 4. The Morgan fingerprint density at radius 1 is 1.26 bits per heavy atom. The van der Waals surface area contributed by atoms with Gasteiger partial charge in [0, 0.05) is 13.5 Å². The van der Waals surface area contributed by atoms with Crippen LogP contribution < -0.4 is 4.31 Å². The lowest BCUT2D eigenvalue weighted by atomic mass is 10.2. The van der Waals surface area contributed by atoms with Gasteiger partial charge in [0.2, 0.25) is 10.0 Å². The highest BCUT2D eigenvalue weighted by molar-refractivity contribution is 7.92. The van der Waals surface area contributed by atoms with E-state index in [1.807, 2.05) is 19.1 Å². The molecule has 0 saturated carbocycles. The summed E-state index contributed by atoms with van der Waals surface area (Å²) in [4.78, 5) is 10.9. The van der Waals surface area contributed by atoms with Crippen molar-refractivity contribution in [2.75, 3.05) is 24.2 Å². The maximum absolute atomic E-state index is 12.1. The third-order valence-electron chi connectivity index (χ3n) is 2.83. The van der Waals surface area contributed by atoms with Crippen molar-refractivity contribution in [1.29, 1.82) is 0 Å². The van der Waals surface area contributed by atoms with E-state index in [0.29, 0.717) is 5.69 Å². The SMILES string of the molecule is COC(=O)CCCS(=O)(=O)N(C)c1ccc(C)cc1. The lowest BCUT2D eigenvalue weighted by molar-refractivity contribution is -0.140. The first-order valence-electron chi connectivity index (χ1n) is 5.97. The van der Waals surface area contributed by atoms with Crippen LogP contribution in [0.4, 0.5) is 5.69 Å². The molecule has 0 aromatic heterocycles. The molecule has 0 atom stereocenters. The minimum Gasteiger partial charge on any atom is -0.469 e. The Bertz CT molecular complexity index is 522. The number of sulfonamides is 1. The Morgan fingerprint density at radius 2 is 1.84 bits per heavy atom. The van der Waals surface area contributed by atoms with Crippen molar-refractivity contribution in [2.45, 2.75) is 19.8 Å². The summed E-state index contributed by atoms with van der Waals surface area (Å²) < 4.78 is 29.8. The van der Waals surface area contributed by atoms with E-state index in [9.17, 15) is 13.2 Å². The first kappa shape index (κ1) is 15.5. The first-order chi connectivity index (χ1) is 8.86. The maximum Gasteiger partial charge on any atom is 0.305 e. The molecule has 0 bridgehead atoms. The number of rotatable bonds is 6. The Hall–Kier alpha value is -1.56. The lowest BCUT2D eigenvalue weighted by Crippen LogP contribution is -2.29. The van der Waals surface area contributed by atoms with Crippen molar-refractivity contribution >= 4 is 21.7 Å². The molecule has 6 heteroatoms. The van der Waals surface area contributed by atoms with E-state index < -0.39 is 16.0 Å². The highest BCUT2D eigenvalue weighted by Gasteiger charge is 2.18. The molecule has 106 valence electrons. The van der Waals surface area contributed by atoms with E-state index in [2.05, 4.69) is 4.74 Å². The molecule has 19 heavy (non-hydrogen) atoms. The Labute approximate surface area is 114 Å². The molecule has 0 saturated heterocycles. The number of hydrogen-bond donors (Lipinski definition) is 0. The van der Waals surface area contributed by atoms with Crippen molar-refractivity contribution in [2.24, 2.45) is 0 Å². The predicted octanol–water partition coefficient (Wildman–Crippen LogP) is 1.71. The molecule has 0 radical (unpaired) electrons. The van der Waals surface area contributed by atoms with Gasteiger partial charge in [-0.15, -0.1) is 0 Å². The quantitative estimate of drug-likeness (QED) is 0.746. The van der Waals surface area contributed by atoms with Gasteiger partial charge in [-0.05, 0) is 25.5 Å². The Kier molecular flexibility index (Phi) is 5.35. The summed E-state index contributed by atoms with van der Waals surface area (Å²) in [6.07, 6.45) is 0.364. The van der Waals surface area contributed by atoms with Crippen molar-refractivity contribution in [3.05, 3.63) is 29.8 Å². The van der Waals surface area contributed by atoms with Crippen molar-refractivity contribution in [3.8, 4) is 0 Å². The Balaban J connectivity index is 2.66. The monoisotopic (exact) mass is 285 g/mol. The average molecular weight is 285 g/mol. The third kappa shape index (κ3) is 4.55. The van der Waals surface area contributed by atoms with Crippen LogP contribution in [0.3, 0.4) is 0 Å². The fourth-order valence-electron chi connectivity index (χ4n) is 1.55. The molecule has 5 nitrogen and oxygen atoms in total. The molecule has 0 aliphatic heterocycles. The smallest absolute Gasteiger partial charge is 0.305 e. The van der Waals surface area contributed by atoms with Gasteiger partial charge in [-0.25, -0.2) is 8.42 Å². The number of nitrogens with zero attached hydrogens (tertiary/aromatic N) is 1. The molecule has 1 rings (SSSR count). The fourth-order valence-corrected chi connectivity index (χ4v) is 2.78. The number of carbonyl (C=O) groups excluding carboxylic acids is 1. The van der Waals surface area contributed by atoms with Crippen LogP contribution >= 0.6 is 0 Å². The summed E-state index contributed by atoms with van der Waals surface area (Å²) in [6, 6.07) is 7.23. The second-order valence-corrected chi connectivity index (χ2v) is 6.42. The van der Waals surface area contributed by atoms with Crippen LogP contribution in [0.1, 0.15) is 18.4 Å². The molecule has 0 spiro atoms. The number of anilines is 1. The molecule has 0 unspecified atom stereocenters. The highest BCUT2D eigenvalue weighted by Crippen LogP contribution is 2.17. The maximum atomic E-state index is 12.1. The van der Waals surface area contributed by atoms with Gasteiger partial charge in [0.1, 0.15) is 0 Å². The zero-order valence-corrected chi connectivity index (χ0v) is 12.2. The van der Waals surface area contributed by atoms with Crippen molar-refractivity contribution < 1.29 is 17.9 Å². The standard InChI is InChI=1S/C13H19NO4S/c1-11-6-8-12(9-7-11)14(2)19(16,17)10-4-5-13(15)18-3/h6-9H,4-5,10H2,1-3H3. The van der Waals surface area contributed by atoms with Gasteiger partial charge in [-0.1, -0.05) is 17.7 Å². The molecule has 1 aromatic rings. The summed E-state index contributed by atoms with van der Waals surface area (Å²) in [5, 5.41) is 0. The van der Waals surface area contributed by atoms with Crippen molar-refractivity contribution in [3.63, 3.8) is 0 Å². The van der Waals surface area contributed by atoms with Crippen LogP contribution in [0, 0.1) is 6.92 Å². The summed E-state index contributed by atoms with van der Waals surface area (Å²) >= 11 is 0. The topological polar surface area (TPSA) is 63.7 Å². The normalized spacial score (nSPS) is 11.1. The minimum absolute atomic E-state index is 0.0769. The summed E-state index contributed by atoms with van der Waals surface area (Å²) in [5.74, 6) is -0.472. The van der Waals surface area contributed by atoms with Crippen LogP contribution in [0.2, 0.25) is 0 Å². The average Bonchev–Trinajstić information content (AvgIpc) is 2.38. The molecule has 0 aliphatic rings. The van der Waals surface area contributed by atoms with E-state index in [-0.39, 0.29) is 18.6 Å². The number of methoxy groups -OCH3 is 1. The highest BCUT2D eigenvalue weighted by atomic mass is 32.2. The van der Waals surface area contributed by atoms with Gasteiger partial charge >= 0.3 is 5.97 Å². The number of aryl methyl sites for hydroxylation is 1. The van der Waals surface area contributed by atoms with Gasteiger partial charge in [-0.2, -0.15) is 0 Å². The summed E-state index contributed by atoms with van der Waals surface area (Å²) in [6.45, 7) is 1.94. The van der Waals surface area contributed by atoms with E-state index >= 15 is 0 Å². The largest absolute Gasteiger partial charge is 0.469 e. The van der Waals surface area contributed by atoms with Gasteiger partial charge in [0.25, 0.3) is 0 Å². The van der Waals surface area contributed by atoms with Crippen LogP contribution in [0.5, 0.6) is 0 Å². The molecule has 0 amide bonds. The fraction of sp³-hybridized carbons (Fsp3) is 0.462. The molecule has 0 heterocycles. The second kappa shape index (κ2) is 6.56. The summed E-state index contributed by atoms with van der Waals surface area (Å²) in [5.41, 5.74) is 1.68. The number of benzene rings is 1. The second-order valence-electron chi connectivity index (χ2n) is 4.30.